The van der Waals surface area contributed by atoms with Crippen molar-refractivity contribution in [3.05, 3.63) is 65.2 Å². The van der Waals surface area contributed by atoms with Crippen molar-refractivity contribution in [3.8, 4) is 0 Å². The molecule has 2 unspecified atom stereocenters. The zero-order valence-corrected chi connectivity index (χ0v) is 12.6. The van der Waals surface area contributed by atoms with Gasteiger partial charge in [0.1, 0.15) is 5.82 Å². The summed E-state index contributed by atoms with van der Waals surface area (Å²) in [4.78, 5) is 6.18. The lowest BCUT2D eigenvalue weighted by Crippen LogP contribution is -2.28. The highest BCUT2D eigenvalue weighted by Crippen LogP contribution is 2.23. The summed E-state index contributed by atoms with van der Waals surface area (Å²) in [7, 11) is 1.96. The van der Waals surface area contributed by atoms with Gasteiger partial charge in [0.15, 0.2) is 0 Å². The van der Waals surface area contributed by atoms with Crippen LogP contribution in [0.4, 0.5) is 4.39 Å². The molecule has 0 spiro atoms. The van der Waals surface area contributed by atoms with Crippen molar-refractivity contribution in [1.29, 1.82) is 0 Å². The zero-order valence-electron chi connectivity index (χ0n) is 12.6. The first kappa shape index (κ1) is 15.6. The third kappa shape index (κ3) is 3.86. The molecule has 3 nitrogen and oxygen atoms in total. The Labute approximate surface area is 125 Å². The van der Waals surface area contributed by atoms with Crippen LogP contribution < -0.4 is 0 Å². The van der Waals surface area contributed by atoms with Crippen molar-refractivity contribution < 1.29 is 9.50 Å². The molecular weight excluding hydrogens is 267 g/mol. The molecule has 112 valence electrons. The number of aromatic nitrogens is 1. The second-order valence-corrected chi connectivity index (χ2v) is 5.42. The third-order valence-corrected chi connectivity index (χ3v) is 3.88. The SMILES string of the molecule is Cc1cc(F)ccc1C(O)CN(C)C(C)c1cccnc1. The molecule has 1 aromatic heterocycles. The molecule has 4 heteroatoms. The van der Waals surface area contributed by atoms with Crippen LogP contribution in [0.15, 0.2) is 42.7 Å². The van der Waals surface area contributed by atoms with Gasteiger partial charge in [-0.2, -0.15) is 0 Å². The molecule has 0 saturated carbocycles. The van der Waals surface area contributed by atoms with Crippen molar-refractivity contribution in [1.82, 2.24) is 9.88 Å². The molecule has 0 radical (unpaired) electrons. The van der Waals surface area contributed by atoms with Crippen LogP contribution in [0, 0.1) is 12.7 Å². The van der Waals surface area contributed by atoms with Gasteiger partial charge in [-0.25, -0.2) is 4.39 Å². The summed E-state index contributed by atoms with van der Waals surface area (Å²) >= 11 is 0. The second-order valence-electron chi connectivity index (χ2n) is 5.42. The standard InChI is InChI=1S/C17H21FN2O/c1-12-9-15(18)6-7-16(12)17(21)11-20(3)13(2)14-5-4-8-19-10-14/h4-10,13,17,21H,11H2,1-3H3. The minimum Gasteiger partial charge on any atom is -0.387 e. The molecular formula is C17H21FN2O. The molecule has 0 aliphatic rings. The van der Waals surface area contributed by atoms with E-state index in [2.05, 4.69) is 16.8 Å². The van der Waals surface area contributed by atoms with Gasteiger partial charge >= 0.3 is 0 Å². The number of halogens is 1. The van der Waals surface area contributed by atoms with Crippen molar-refractivity contribution in [2.24, 2.45) is 0 Å². The number of hydrogen-bond acceptors (Lipinski definition) is 3. The Morgan fingerprint density at radius 2 is 2.10 bits per heavy atom. The molecule has 0 amide bonds. The summed E-state index contributed by atoms with van der Waals surface area (Å²) in [6.45, 7) is 4.36. The molecule has 2 atom stereocenters. The van der Waals surface area contributed by atoms with E-state index >= 15 is 0 Å². The molecule has 0 fully saturated rings. The van der Waals surface area contributed by atoms with Gasteiger partial charge in [0.05, 0.1) is 6.10 Å². The molecule has 1 heterocycles. The lowest BCUT2D eigenvalue weighted by atomic mass is 10.0. The van der Waals surface area contributed by atoms with Crippen molar-refractivity contribution in [3.63, 3.8) is 0 Å². The fourth-order valence-electron chi connectivity index (χ4n) is 2.42. The van der Waals surface area contributed by atoms with Crippen LogP contribution in [0.1, 0.15) is 35.8 Å². The van der Waals surface area contributed by atoms with E-state index in [0.29, 0.717) is 6.54 Å². The number of likely N-dealkylation sites (N-methyl/N-ethyl adjacent to an activating group) is 1. The fraction of sp³-hybridized carbons (Fsp3) is 0.353. The van der Waals surface area contributed by atoms with Gasteiger partial charge in [-0.1, -0.05) is 12.1 Å². The van der Waals surface area contributed by atoms with Gasteiger partial charge in [-0.3, -0.25) is 9.88 Å². The van der Waals surface area contributed by atoms with Crippen LogP contribution in [-0.4, -0.2) is 28.6 Å². The van der Waals surface area contributed by atoms with Crippen LogP contribution in [0.3, 0.4) is 0 Å². The summed E-state index contributed by atoms with van der Waals surface area (Å²) in [5, 5.41) is 10.4. The van der Waals surface area contributed by atoms with E-state index in [-0.39, 0.29) is 11.9 Å². The number of aryl methyl sites for hydroxylation is 1. The van der Waals surface area contributed by atoms with E-state index in [0.717, 1.165) is 16.7 Å². The summed E-state index contributed by atoms with van der Waals surface area (Å²) in [6, 6.07) is 8.55. The van der Waals surface area contributed by atoms with Gasteiger partial charge in [0.2, 0.25) is 0 Å². The Kier molecular flexibility index (Phi) is 5.04. The number of aliphatic hydroxyl groups excluding tert-OH is 1. The maximum atomic E-state index is 13.1. The van der Waals surface area contributed by atoms with Gasteiger partial charge in [0, 0.05) is 25.0 Å². The largest absolute Gasteiger partial charge is 0.387 e. The van der Waals surface area contributed by atoms with Gasteiger partial charge < -0.3 is 5.11 Å². The Morgan fingerprint density at radius 1 is 1.33 bits per heavy atom. The summed E-state index contributed by atoms with van der Waals surface area (Å²) < 4.78 is 13.1. The lowest BCUT2D eigenvalue weighted by molar-refractivity contribution is 0.108. The Morgan fingerprint density at radius 3 is 2.71 bits per heavy atom. The highest BCUT2D eigenvalue weighted by atomic mass is 19.1. The summed E-state index contributed by atoms with van der Waals surface area (Å²) in [6.07, 6.45) is 2.93. The molecule has 0 bridgehead atoms. The molecule has 1 N–H and O–H groups in total. The first-order valence-corrected chi connectivity index (χ1v) is 7.03. The number of pyridine rings is 1. The normalized spacial score (nSPS) is 14.2. The molecule has 2 aromatic rings. The number of rotatable bonds is 5. The maximum Gasteiger partial charge on any atom is 0.123 e. The minimum atomic E-state index is -0.644. The predicted molar refractivity (Wildman–Crippen MR) is 81.4 cm³/mol. The molecule has 0 aliphatic heterocycles. The van der Waals surface area contributed by atoms with E-state index in [4.69, 9.17) is 0 Å². The van der Waals surface area contributed by atoms with Crippen molar-refractivity contribution in [2.45, 2.75) is 26.0 Å². The Bertz CT molecular complexity index is 589. The van der Waals surface area contributed by atoms with Gasteiger partial charge in [0.25, 0.3) is 0 Å². The zero-order chi connectivity index (χ0) is 15.4. The third-order valence-electron chi connectivity index (χ3n) is 3.88. The summed E-state index contributed by atoms with van der Waals surface area (Å²) in [5.74, 6) is -0.277. The second kappa shape index (κ2) is 6.78. The highest BCUT2D eigenvalue weighted by molar-refractivity contribution is 5.28. The van der Waals surface area contributed by atoms with Gasteiger partial charge in [-0.05, 0) is 55.8 Å². The van der Waals surface area contributed by atoms with E-state index in [1.807, 2.05) is 32.3 Å². The van der Waals surface area contributed by atoms with E-state index in [1.165, 1.54) is 12.1 Å². The van der Waals surface area contributed by atoms with Crippen LogP contribution in [0.2, 0.25) is 0 Å². The minimum absolute atomic E-state index is 0.147. The van der Waals surface area contributed by atoms with Crippen LogP contribution >= 0.6 is 0 Å². The van der Waals surface area contributed by atoms with Crippen molar-refractivity contribution >= 4 is 0 Å². The van der Waals surface area contributed by atoms with E-state index in [9.17, 15) is 9.50 Å². The first-order valence-electron chi connectivity index (χ1n) is 7.03. The van der Waals surface area contributed by atoms with Crippen LogP contribution in [-0.2, 0) is 0 Å². The maximum absolute atomic E-state index is 13.1. The molecule has 0 aliphatic carbocycles. The average Bonchev–Trinajstić information content (AvgIpc) is 2.47. The molecule has 21 heavy (non-hydrogen) atoms. The predicted octanol–water partition coefficient (Wildman–Crippen LogP) is 3.26. The molecule has 1 aromatic carbocycles. The average molecular weight is 288 g/mol. The summed E-state index contributed by atoms with van der Waals surface area (Å²) in [5.41, 5.74) is 2.63. The van der Waals surface area contributed by atoms with Crippen LogP contribution in [0.25, 0.3) is 0 Å². The molecule has 0 saturated heterocycles. The first-order chi connectivity index (χ1) is 9.99. The highest BCUT2D eigenvalue weighted by Gasteiger charge is 2.18. The topological polar surface area (TPSA) is 36.4 Å². The fourth-order valence-corrected chi connectivity index (χ4v) is 2.42. The monoisotopic (exact) mass is 288 g/mol. The number of benzene rings is 1. The smallest absolute Gasteiger partial charge is 0.123 e. The Hall–Kier alpha value is -1.78. The molecule has 2 rings (SSSR count). The quantitative estimate of drug-likeness (QED) is 0.917. The van der Waals surface area contributed by atoms with Crippen LogP contribution in [0.5, 0.6) is 0 Å². The number of nitrogens with zero attached hydrogens (tertiary/aromatic N) is 2. The van der Waals surface area contributed by atoms with E-state index in [1.54, 1.807) is 12.3 Å². The number of hydrogen-bond donors (Lipinski definition) is 1. The number of aliphatic hydroxyl groups is 1. The van der Waals surface area contributed by atoms with Gasteiger partial charge in [-0.15, -0.1) is 0 Å². The Balaban J connectivity index is 2.06. The van der Waals surface area contributed by atoms with E-state index < -0.39 is 6.10 Å². The lowest BCUT2D eigenvalue weighted by Gasteiger charge is -2.27. The van der Waals surface area contributed by atoms with Crippen molar-refractivity contribution in [2.75, 3.05) is 13.6 Å².